The number of benzene rings is 2. The largest absolute Gasteiger partial charge is 0.508 e. The first kappa shape index (κ1) is 15.0. The molecular formula is C17H20O4. The van der Waals surface area contributed by atoms with E-state index in [9.17, 15) is 10.2 Å². The summed E-state index contributed by atoms with van der Waals surface area (Å²) in [6, 6.07) is 8.41. The van der Waals surface area contributed by atoms with Gasteiger partial charge in [-0.25, -0.2) is 0 Å². The summed E-state index contributed by atoms with van der Waals surface area (Å²) in [5.74, 6) is 1.51. The van der Waals surface area contributed by atoms with Gasteiger partial charge in [0.1, 0.15) is 23.0 Å². The maximum absolute atomic E-state index is 10.0. The molecule has 4 heteroatoms. The molecule has 0 aliphatic carbocycles. The molecule has 0 saturated heterocycles. The summed E-state index contributed by atoms with van der Waals surface area (Å²) in [6.07, 6.45) is 0. The molecule has 0 radical (unpaired) electrons. The number of phenolic OH excluding ortho intramolecular Hbond substituents is 2. The molecule has 112 valence electrons. The van der Waals surface area contributed by atoms with E-state index < -0.39 is 0 Å². The number of hydrogen-bond acceptors (Lipinski definition) is 4. The number of ether oxygens (including phenoxy) is 2. The quantitative estimate of drug-likeness (QED) is 0.903. The van der Waals surface area contributed by atoms with E-state index >= 15 is 0 Å². The molecule has 4 nitrogen and oxygen atoms in total. The van der Waals surface area contributed by atoms with Gasteiger partial charge in [0.2, 0.25) is 0 Å². The van der Waals surface area contributed by atoms with Gasteiger partial charge < -0.3 is 19.7 Å². The van der Waals surface area contributed by atoms with Crippen LogP contribution in [-0.2, 0) is 0 Å². The molecule has 1 atom stereocenters. The number of phenols is 2. The molecule has 2 aromatic rings. The smallest absolute Gasteiger partial charge is 0.125 e. The standard InChI is InChI=1S/C17H20O4/c1-10(14-6-5-12(18)7-16(14)19)15-8-13(20-3)9-17(21-4)11(15)2/h5-10,18-19H,1-4H3. The maximum Gasteiger partial charge on any atom is 0.125 e. The minimum Gasteiger partial charge on any atom is -0.508 e. The molecule has 1 unspecified atom stereocenters. The molecule has 0 fully saturated rings. The fourth-order valence-electron chi connectivity index (χ4n) is 2.53. The average molecular weight is 288 g/mol. The topological polar surface area (TPSA) is 58.9 Å². The van der Waals surface area contributed by atoms with Crippen molar-refractivity contribution in [2.45, 2.75) is 19.8 Å². The van der Waals surface area contributed by atoms with E-state index in [0.29, 0.717) is 5.75 Å². The van der Waals surface area contributed by atoms with Crippen LogP contribution in [0.1, 0.15) is 29.5 Å². The molecule has 2 aromatic carbocycles. The third-order valence-corrected chi connectivity index (χ3v) is 3.78. The summed E-state index contributed by atoms with van der Waals surface area (Å²) in [5, 5.41) is 19.5. The summed E-state index contributed by atoms with van der Waals surface area (Å²) in [5.41, 5.74) is 2.75. The van der Waals surface area contributed by atoms with E-state index in [-0.39, 0.29) is 17.4 Å². The van der Waals surface area contributed by atoms with Gasteiger partial charge in [0.15, 0.2) is 0 Å². The van der Waals surface area contributed by atoms with E-state index in [4.69, 9.17) is 9.47 Å². The van der Waals surface area contributed by atoms with Crippen molar-refractivity contribution >= 4 is 0 Å². The zero-order valence-corrected chi connectivity index (χ0v) is 12.7. The fraction of sp³-hybridized carbons (Fsp3) is 0.294. The third kappa shape index (κ3) is 2.89. The molecule has 0 aliphatic rings. The molecule has 0 bridgehead atoms. The first-order valence-electron chi connectivity index (χ1n) is 6.72. The molecule has 21 heavy (non-hydrogen) atoms. The average Bonchev–Trinajstić information content (AvgIpc) is 2.47. The van der Waals surface area contributed by atoms with Gasteiger partial charge in [-0.1, -0.05) is 13.0 Å². The van der Waals surface area contributed by atoms with Crippen LogP contribution in [0.5, 0.6) is 23.0 Å². The highest BCUT2D eigenvalue weighted by Crippen LogP contribution is 2.38. The Morgan fingerprint density at radius 2 is 1.67 bits per heavy atom. The summed E-state index contributed by atoms with van der Waals surface area (Å²) in [4.78, 5) is 0. The van der Waals surface area contributed by atoms with Crippen molar-refractivity contribution in [3.8, 4) is 23.0 Å². The van der Waals surface area contributed by atoms with Crippen molar-refractivity contribution in [1.82, 2.24) is 0 Å². The van der Waals surface area contributed by atoms with Crippen LogP contribution in [0.3, 0.4) is 0 Å². The molecule has 0 amide bonds. The highest BCUT2D eigenvalue weighted by atomic mass is 16.5. The molecule has 0 saturated carbocycles. The van der Waals surface area contributed by atoms with Gasteiger partial charge in [-0.15, -0.1) is 0 Å². The molecule has 0 aromatic heterocycles. The highest BCUT2D eigenvalue weighted by Gasteiger charge is 2.18. The van der Waals surface area contributed by atoms with Crippen LogP contribution in [0.15, 0.2) is 30.3 Å². The maximum atomic E-state index is 10.0. The number of hydrogen-bond donors (Lipinski definition) is 2. The number of methoxy groups -OCH3 is 2. The molecule has 0 heterocycles. The Balaban J connectivity index is 2.54. The Labute approximate surface area is 124 Å². The molecule has 2 N–H and O–H groups in total. The van der Waals surface area contributed by atoms with Crippen molar-refractivity contribution in [2.75, 3.05) is 14.2 Å². The zero-order chi connectivity index (χ0) is 15.6. The van der Waals surface area contributed by atoms with Gasteiger partial charge in [-0.3, -0.25) is 0 Å². The van der Waals surface area contributed by atoms with E-state index in [2.05, 4.69) is 0 Å². The van der Waals surface area contributed by atoms with Gasteiger partial charge in [-0.05, 0) is 30.2 Å². The third-order valence-electron chi connectivity index (χ3n) is 3.78. The second-order valence-corrected chi connectivity index (χ2v) is 5.01. The lowest BCUT2D eigenvalue weighted by molar-refractivity contribution is 0.390. The van der Waals surface area contributed by atoms with Gasteiger partial charge in [0.25, 0.3) is 0 Å². The van der Waals surface area contributed by atoms with Crippen LogP contribution in [0.25, 0.3) is 0 Å². The molecular weight excluding hydrogens is 268 g/mol. The van der Waals surface area contributed by atoms with Crippen LogP contribution in [-0.4, -0.2) is 24.4 Å². The number of aromatic hydroxyl groups is 2. The SMILES string of the molecule is COc1cc(OC)c(C)c(C(C)c2ccc(O)cc2O)c1. The first-order chi connectivity index (χ1) is 9.97. The summed E-state index contributed by atoms with van der Waals surface area (Å²) in [7, 11) is 3.23. The van der Waals surface area contributed by atoms with Crippen molar-refractivity contribution < 1.29 is 19.7 Å². The van der Waals surface area contributed by atoms with Gasteiger partial charge in [-0.2, -0.15) is 0 Å². The fourth-order valence-corrected chi connectivity index (χ4v) is 2.53. The van der Waals surface area contributed by atoms with Crippen LogP contribution >= 0.6 is 0 Å². The minimum atomic E-state index is -0.0606. The number of rotatable bonds is 4. The molecule has 2 rings (SSSR count). The predicted molar refractivity (Wildman–Crippen MR) is 81.6 cm³/mol. The normalized spacial score (nSPS) is 12.0. The lowest BCUT2D eigenvalue weighted by Crippen LogP contribution is -2.02. The van der Waals surface area contributed by atoms with E-state index in [1.54, 1.807) is 26.4 Å². The first-order valence-corrected chi connectivity index (χ1v) is 6.72. The Morgan fingerprint density at radius 3 is 2.24 bits per heavy atom. The second kappa shape index (κ2) is 5.95. The van der Waals surface area contributed by atoms with Crippen LogP contribution in [0.2, 0.25) is 0 Å². The van der Waals surface area contributed by atoms with E-state index in [0.717, 1.165) is 22.4 Å². The van der Waals surface area contributed by atoms with E-state index in [1.807, 2.05) is 26.0 Å². The van der Waals surface area contributed by atoms with Gasteiger partial charge >= 0.3 is 0 Å². The lowest BCUT2D eigenvalue weighted by atomic mass is 9.89. The van der Waals surface area contributed by atoms with Crippen molar-refractivity contribution in [1.29, 1.82) is 0 Å². The van der Waals surface area contributed by atoms with Crippen LogP contribution < -0.4 is 9.47 Å². The van der Waals surface area contributed by atoms with Crippen molar-refractivity contribution in [3.63, 3.8) is 0 Å². The summed E-state index contributed by atoms with van der Waals surface area (Å²) in [6.45, 7) is 3.97. The monoisotopic (exact) mass is 288 g/mol. The van der Waals surface area contributed by atoms with Gasteiger partial charge in [0.05, 0.1) is 14.2 Å². The molecule has 0 aliphatic heterocycles. The Morgan fingerprint density at radius 1 is 0.952 bits per heavy atom. The van der Waals surface area contributed by atoms with Crippen molar-refractivity contribution in [2.24, 2.45) is 0 Å². The summed E-state index contributed by atoms with van der Waals surface area (Å²) >= 11 is 0. The minimum absolute atomic E-state index is 0.0448. The molecule has 0 spiro atoms. The second-order valence-electron chi connectivity index (χ2n) is 5.01. The van der Waals surface area contributed by atoms with Crippen molar-refractivity contribution in [3.05, 3.63) is 47.0 Å². The summed E-state index contributed by atoms with van der Waals surface area (Å²) < 4.78 is 10.7. The van der Waals surface area contributed by atoms with Crippen LogP contribution in [0.4, 0.5) is 0 Å². The van der Waals surface area contributed by atoms with Crippen LogP contribution in [0, 0.1) is 6.92 Å². The predicted octanol–water partition coefficient (Wildman–Crippen LogP) is 3.58. The zero-order valence-electron chi connectivity index (χ0n) is 12.7. The van der Waals surface area contributed by atoms with E-state index in [1.165, 1.54) is 6.07 Å². The highest BCUT2D eigenvalue weighted by molar-refractivity contribution is 5.52. The van der Waals surface area contributed by atoms with Gasteiger partial charge in [0, 0.05) is 23.6 Å². The Kier molecular flexibility index (Phi) is 4.26. The Hall–Kier alpha value is -2.36. The Bertz CT molecular complexity index is 649. The lowest BCUT2D eigenvalue weighted by Gasteiger charge is -2.19.